The minimum Gasteiger partial charge on any atom is -0.451 e. The molecular formula is C16H19N3O3. The molecule has 0 aliphatic carbocycles. The van der Waals surface area contributed by atoms with Gasteiger partial charge in [0.05, 0.1) is 12.6 Å². The Kier molecular flexibility index (Phi) is 5.50. The summed E-state index contributed by atoms with van der Waals surface area (Å²) >= 11 is 0. The second-order valence-corrected chi connectivity index (χ2v) is 5.30. The maximum Gasteiger partial charge on any atom is 0.324 e. The van der Waals surface area contributed by atoms with Crippen molar-refractivity contribution in [3.63, 3.8) is 0 Å². The second kappa shape index (κ2) is 7.57. The summed E-state index contributed by atoms with van der Waals surface area (Å²) in [5.74, 6) is -1.14. The van der Waals surface area contributed by atoms with Crippen LogP contribution in [0.2, 0.25) is 0 Å². The maximum atomic E-state index is 12.3. The summed E-state index contributed by atoms with van der Waals surface area (Å²) < 4.78 is 5.31. The number of rotatable bonds is 6. The van der Waals surface area contributed by atoms with Gasteiger partial charge in [-0.2, -0.15) is 5.26 Å². The number of primary amides is 1. The summed E-state index contributed by atoms with van der Waals surface area (Å²) in [5, 5.41) is 8.77. The van der Waals surface area contributed by atoms with E-state index in [1.807, 2.05) is 36.4 Å². The van der Waals surface area contributed by atoms with Crippen molar-refractivity contribution in [2.75, 3.05) is 13.1 Å². The van der Waals surface area contributed by atoms with Crippen LogP contribution in [-0.4, -0.2) is 42.0 Å². The number of esters is 1. The van der Waals surface area contributed by atoms with E-state index in [0.717, 1.165) is 12.0 Å². The molecule has 1 aromatic rings. The van der Waals surface area contributed by atoms with Gasteiger partial charge in [0.25, 0.3) is 5.91 Å². The minimum absolute atomic E-state index is 0.180. The van der Waals surface area contributed by atoms with Crippen molar-refractivity contribution >= 4 is 11.9 Å². The topological polar surface area (TPSA) is 96.4 Å². The Hall–Kier alpha value is -2.39. The van der Waals surface area contributed by atoms with Crippen LogP contribution in [0.5, 0.6) is 0 Å². The molecule has 22 heavy (non-hydrogen) atoms. The third-order valence-corrected chi connectivity index (χ3v) is 3.75. The molecule has 2 rings (SSSR count). The Labute approximate surface area is 129 Å². The Bertz CT molecular complexity index is 568. The largest absolute Gasteiger partial charge is 0.451 e. The summed E-state index contributed by atoms with van der Waals surface area (Å²) in [6.45, 7) is 0.868. The highest BCUT2D eigenvalue weighted by molar-refractivity contribution is 5.84. The number of hydrogen-bond donors (Lipinski definition) is 1. The molecule has 2 atom stereocenters. The van der Waals surface area contributed by atoms with Crippen LogP contribution in [0.25, 0.3) is 0 Å². The number of likely N-dealkylation sites (tertiary alicyclic amines) is 1. The van der Waals surface area contributed by atoms with Crippen LogP contribution >= 0.6 is 0 Å². The van der Waals surface area contributed by atoms with E-state index in [4.69, 9.17) is 15.7 Å². The zero-order valence-corrected chi connectivity index (χ0v) is 12.3. The van der Waals surface area contributed by atoms with Gasteiger partial charge in [0.15, 0.2) is 6.10 Å². The third kappa shape index (κ3) is 4.06. The highest BCUT2D eigenvalue weighted by Gasteiger charge is 2.34. The van der Waals surface area contributed by atoms with Gasteiger partial charge in [-0.1, -0.05) is 30.3 Å². The summed E-state index contributed by atoms with van der Waals surface area (Å²) in [5.41, 5.74) is 6.22. The standard InChI is InChI=1S/C16H19N3O3/c17-8-10-19-9-4-7-13(19)16(21)22-14(15(18)20)11-12-5-2-1-3-6-12/h1-3,5-6,13-14H,4,7,9-11H2,(H2,18,20). The molecule has 0 aromatic heterocycles. The molecule has 2 unspecified atom stereocenters. The molecule has 1 heterocycles. The smallest absolute Gasteiger partial charge is 0.324 e. The summed E-state index contributed by atoms with van der Waals surface area (Å²) in [7, 11) is 0. The lowest BCUT2D eigenvalue weighted by Gasteiger charge is -2.22. The number of nitriles is 1. The highest BCUT2D eigenvalue weighted by Crippen LogP contribution is 2.19. The van der Waals surface area contributed by atoms with Gasteiger partial charge in [0.1, 0.15) is 6.04 Å². The van der Waals surface area contributed by atoms with E-state index < -0.39 is 24.0 Å². The lowest BCUT2D eigenvalue weighted by molar-refractivity contribution is -0.159. The minimum atomic E-state index is -0.987. The van der Waals surface area contributed by atoms with Gasteiger partial charge in [-0.15, -0.1) is 0 Å². The number of carbonyl (C=O) groups excluding carboxylic acids is 2. The van der Waals surface area contributed by atoms with Crippen molar-refractivity contribution in [3.8, 4) is 6.07 Å². The number of hydrogen-bond acceptors (Lipinski definition) is 5. The number of ether oxygens (including phenoxy) is 1. The fourth-order valence-corrected chi connectivity index (χ4v) is 2.62. The quantitative estimate of drug-likeness (QED) is 0.613. The molecule has 2 N–H and O–H groups in total. The van der Waals surface area contributed by atoms with Crippen LogP contribution in [0.3, 0.4) is 0 Å². The lowest BCUT2D eigenvalue weighted by atomic mass is 10.1. The van der Waals surface area contributed by atoms with Gasteiger partial charge in [-0.3, -0.25) is 14.5 Å². The molecule has 1 saturated heterocycles. The average molecular weight is 301 g/mol. The number of nitrogens with two attached hydrogens (primary N) is 1. The zero-order valence-electron chi connectivity index (χ0n) is 12.3. The van der Waals surface area contributed by atoms with Gasteiger partial charge in [0.2, 0.25) is 0 Å². The predicted molar refractivity (Wildman–Crippen MR) is 79.4 cm³/mol. The Morgan fingerprint density at radius 2 is 2.14 bits per heavy atom. The van der Waals surface area contributed by atoms with E-state index in [-0.39, 0.29) is 13.0 Å². The molecule has 0 bridgehead atoms. The fourth-order valence-electron chi connectivity index (χ4n) is 2.62. The molecule has 6 heteroatoms. The molecule has 1 aliphatic rings. The monoisotopic (exact) mass is 301 g/mol. The van der Waals surface area contributed by atoms with Gasteiger partial charge < -0.3 is 10.5 Å². The Balaban J connectivity index is 2.00. The first-order chi connectivity index (χ1) is 10.6. The SMILES string of the molecule is N#CCN1CCCC1C(=O)OC(Cc1ccccc1)C(N)=O. The van der Waals surface area contributed by atoms with Gasteiger partial charge in [0, 0.05) is 13.0 Å². The van der Waals surface area contributed by atoms with Gasteiger partial charge >= 0.3 is 5.97 Å². The van der Waals surface area contributed by atoms with E-state index in [1.54, 1.807) is 4.90 Å². The van der Waals surface area contributed by atoms with Gasteiger partial charge in [-0.25, -0.2) is 0 Å². The predicted octanol–water partition coefficient (Wildman–Crippen LogP) is 0.614. The van der Waals surface area contributed by atoms with E-state index in [2.05, 4.69) is 0 Å². The van der Waals surface area contributed by atoms with Crippen molar-refractivity contribution in [1.29, 1.82) is 5.26 Å². The van der Waals surface area contributed by atoms with E-state index in [0.29, 0.717) is 13.0 Å². The number of carbonyl (C=O) groups is 2. The van der Waals surface area contributed by atoms with Crippen LogP contribution in [0.15, 0.2) is 30.3 Å². The van der Waals surface area contributed by atoms with Crippen LogP contribution in [0.1, 0.15) is 18.4 Å². The number of nitrogens with zero attached hydrogens (tertiary/aromatic N) is 2. The van der Waals surface area contributed by atoms with Gasteiger partial charge in [-0.05, 0) is 18.4 Å². The Morgan fingerprint density at radius 3 is 2.77 bits per heavy atom. The van der Waals surface area contributed by atoms with E-state index >= 15 is 0 Å². The summed E-state index contributed by atoms with van der Waals surface area (Å²) in [6.07, 6.45) is 0.741. The van der Waals surface area contributed by atoms with Crippen LogP contribution < -0.4 is 5.73 Å². The van der Waals surface area contributed by atoms with E-state index in [9.17, 15) is 9.59 Å². The van der Waals surface area contributed by atoms with Crippen molar-refractivity contribution in [3.05, 3.63) is 35.9 Å². The number of benzene rings is 1. The molecule has 0 spiro atoms. The van der Waals surface area contributed by atoms with Crippen LogP contribution in [-0.2, 0) is 20.7 Å². The zero-order chi connectivity index (χ0) is 15.9. The average Bonchev–Trinajstić information content (AvgIpc) is 2.96. The van der Waals surface area contributed by atoms with Crippen LogP contribution in [0.4, 0.5) is 0 Å². The van der Waals surface area contributed by atoms with Crippen molar-refractivity contribution < 1.29 is 14.3 Å². The molecule has 1 aliphatic heterocycles. The normalized spacial score (nSPS) is 19.3. The van der Waals surface area contributed by atoms with Crippen molar-refractivity contribution in [1.82, 2.24) is 4.90 Å². The summed E-state index contributed by atoms with van der Waals surface area (Å²) in [6, 6.07) is 10.8. The lowest BCUT2D eigenvalue weighted by Crippen LogP contribution is -2.42. The van der Waals surface area contributed by atoms with Crippen LogP contribution in [0, 0.1) is 11.3 Å². The molecule has 116 valence electrons. The fraction of sp³-hybridized carbons (Fsp3) is 0.438. The molecule has 0 saturated carbocycles. The van der Waals surface area contributed by atoms with Crippen molar-refractivity contribution in [2.45, 2.75) is 31.4 Å². The molecule has 6 nitrogen and oxygen atoms in total. The first-order valence-electron chi connectivity index (χ1n) is 7.26. The molecule has 1 amide bonds. The highest BCUT2D eigenvalue weighted by atomic mass is 16.5. The second-order valence-electron chi connectivity index (χ2n) is 5.30. The number of amides is 1. The molecular weight excluding hydrogens is 282 g/mol. The first-order valence-corrected chi connectivity index (χ1v) is 7.26. The summed E-state index contributed by atoms with van der Waals surface area (Å²) in [4.78, 5) is 25.6. The molecule has 1 fully saturated rings. The third-order valence-electron chi connectivity index (χ3n) is 3.75. The molecule has 1 aromatic carbocycles. The first kappa shape index (κ1) is 16.0. The van der Waals surface area contributed by atoms with Crippen molar-refractivity contribution in [2.24, 2.45) is 5.73 Å². The maximum absolute atomic E-state index is 12.3. The molecule has 0 radical (unpaired) electrons. The van der Waals surface area contributed by atoms with E-state index in [1.165, 1.54) is 0 Å². The Morgan fingerprint density at radius 1 is 1.41 bits per heavy atom.